The monoisotopic (exact) mass is 388 g/mol. The highest BCUT2D eigenvalue weighted by atomic mass is 35.5. The molecule has 0 aliphatic carbocycles. The molecule has 26 heavy (non-hydrogen) atoms. The smallest absolute Gasteiger partial charge is 0.240 e. The first kappa shape index (κ1) is 18.2. The molecule has 3 rings (SSSR count). The van der Waals surface area contributed by atoms with Crippen molar-refractivity contribution in [2.45, 2.75) is 13.1 Å². The van der Waals surface area contributed by atoms with Gasteiger partial charge in [-0.05, 0) is 48.1 Å². The molecule has 0 fully saturated rings. The highest BCUT2D eigenvalue weighted by molar-refractivity contribution is 7.71. The van der Waals surface area contributed by atoms with Crippen LogP contribution in [0.3, 0.4) is 0 Å². The van der Waals surface area contributed by atoms with Gasteiger partial charge in [-0.1, -0.05) is 29.8 Å². The Morgan fingerprint density at radius 1 is 1.27 bits per heavy atom. The van der Waals surface area contributed by atoms with Crippen molar-refractivity contribution < 1.29 is 9.53 Å². The first-order valence-electron chi connectivity index (χ1n) is 7.88. The van der Waals surface area contributed by atoms with Gasteiger partial charge in [-0.2, -0.15) is 5.10 Å². The molecule has 6 nitrogen and oxygen atoms in total. The number of carbonyl (C=O) groups is 1. The van der Waals surface area contributed by atoms with Gasteiger partial charge in [0, 0.05) is 17.1 Å². The minimum atomic E-state index is -0.183. The number of amides is 1. The predicted octanol–water partition coefficient (Wildman–Crippen LogP) is 3.59. The van der Waals surface area contributed by atoms with E-state index >= 15 is 0 Å². The van der Waals surface area contributed by atoms with Gasteiger partial charge < -0.3 is 10.1 Å². The van der Waals surface area contributed by atoms with Crippen LogP contribution in [0.5, 0.6) is 5.75 Å². The number of ether oxygens (including phenoxy) is 1. The molecule has 1 heterocycles. The number of halogens is 1. The second-order valence-electron chi connectivity index (χ2n) is 5.54. The van der Waals surface area contributed by atoms with Gasteiger partial charge in [-0.25, -0.2) is 0 Å². The molecule has 0 aliphatic heterocycles. The van der Waals surface area contributed by atoms with Crippen molar-refractivity contribution in [3.63, 3.8) is 0 Å². The van der Waals surface area contributed by atoms with Crippen molar-refractivity contribution in [3.8, 4) is 17.1 Å². The highest BCUT2D eigenvalue weighted by Gasteiger charge is 2.13. The maximum Gasteiger partial charge on any atom is 0.240 e. The van der Waals surface area contributed by atoms with Gasteiger partial charge in [-0.15, -0.1) is 0 Å². The van der Waals surface area contributed by atoms with Gasteiger partial charge in [0.1, 0.15) is 12.3 Å². The summed E-state index contributed by atoms with van der Waals surface area (Å²) in [7, 11) is 1.61. The third-order valence-corrected chi connectivity index (χ3v) is 4.52. The van der Waals surface area contributed by atoms with Crippen molar-refractivity contribution in [1.29, 1.82) is 0 Å². The molecule has 0 atom stereocenters. The molecule has 1 aromatic heterocycles. The van der Waals surface area contributed by atoms with E-state index in [1.165, 1.54) is 0 Å². The number of rotatable bonds is 6. The number of carbonyl (C=O) groups excluding carboxylic acids is 1. The van der Waals surface area contributed by atoms with Crippen LogP contribution in [0.2, 0.25) is 5.02 Å². The highest BCUT2D eigenvalue weighted by Crippen LogP contribution is 2.21. The summed E-state index contributed by atoms with van der Waals surface area (Å²) in [6.45, 7) is 0.405. The fourth-order valence-electron chi connectivity index (χ4n) is 2.46. The number of aromatic amines is 1. The van der Waals surface area contributed by atoms with Gasteiger partial charge in [-0.3, -0.25) is 14.5 Å². The van der Waals surface area contributed by atoms with E-state index < -0.39 is 0 Å². The zero-order valence-corrected chi connectivity index (χ0v) is 15.6. The molecule has 0 aliphatic rings. The summed E-state index contributed by atoms with van der Waals surface area (Å²) >= 11 is 11.4. The van der Waals surface area contributed by atoms with Gasteiger partial charge >= 0.3 is 0 Å². The molecule has 0 radical (unpaired) electrons. The van der Waals surface area contributed by atoms with E-state index in [0.717, 1.165) is 16.9 Å². The van der Waals surface area contributed by atoms with E-state index in [2.05, 4.69) is 15.5 Å². The van der Waals surface area contributed by atoms with E-state index in [1.54, 1.807) is 17.7 Å². The molecule has 1 amide bonds. The van der Waals surface area contributed by atoms with Crippen molar-refractivity contribution in [2.24, 2.45) is 0 Å². The SMILES string of the molecule is COc1ccc(-c2n[nH]c(=S)n2CC(=O)NCc2ccccc2Cl)cc1. The topological polar surface area (TPSA) is 71.9 Å². The molecule has 0 bridgehead atoms. The lowest BCUT2D eigenvalue weighted by atomic mass is 10.2. The number of H-pyrrole nitrogens is 1. The summed E-state index contributed by atoms with van der Waals surface area (Å²) in [4.78, 5) is 12.3. The van der Waals surface area contributed by atoms with Crippen LogP contribution in [-0.2, 0) is 17.9 Å². The van der Waals surface area contributed by atoms with Crippen LogP contribution >= 0.6 is 23.8 Å². The van der Waals surface area contributed by atoms with Crippen LogP contribution in [0, 0.1) is 4.77 Å². The van der Waals surface area contributed by atoms with Crippen molar-refractivity contribution in [1.82, 2.24) is 20.1 Å². The molecule has 0 saturated heterocycles. The molecule has 3 aromatic rings. The van der Waals surface area contributed by atoms with E-state index in [9.17, 15) is 4.79 Å². The summed E-state index contributed by atoms with van der Waals surface area (Å²) in [5.41, 5.74) is 1.69. The molecule has 0 unspecified atom stereocenters. The maximum absolute atomic E-state index is 12.3. The van der Waals surface area contributed by atoms with Crippen molar-refractivity contribution in [2.75, 3.05) is 7.11 Å². The second kappa shape index (κ2) is 8.16. The summed E-state index contributed by atoms with van der Waals surface area (Å²) in [5, 5.41) is 10.4. The molecule has 2 N–H and O–H groups in total. The quantitative estimate of drug-likeness (QED) is 0.633. The van der Waals surface area contributed by atoms with Gasteiger partial charge in [0.15, 0.2) is 10.6 Å². The first-order chi connectivity index (χ1) is 12.6. The van der Waals surface area contributed by atoms with Gasteiger partial charge in [0.05, 0.1) is 7.11 Å². The number of hydrogen-bond acceptors (Lipinski definition) is 4. The van der Waals surface area contributed by atoms with Crippen LogP contribution < -0.4 is 10.1 Å². The Kier molecular flexibility index (Phi) is 5.70. The number of hydrogen-bond donors (Lipinski definition) is 2. The van der Waals surface area contributed by atoms with Crippen LogP contribution in [0.25, 0.3) is 11.4 Å². The lowest BCUT2D eigenvalue weighted by Gasteiger charge is -2.09. The first-order valence-corrected chi connectivity index (χ1v) is 8.67. The Morgan fingerprint density at radius 3 is 2.69 bits per heavy atom. The number of methoxy groups -OCH3 is 1. The molecule has 134 valence electrons. The van der Waals surface area contributed by atoms with Crippen molar-refractivity contribution >= 4 is 29.7 Å². The fourth-order valence-corrected chi connectivity index (χ4v) is 2.86. The van der Waals surface area contributed by atoms with Crippen LogP contribution in [0.4, 0.5) is 0 Å². The minimum absolute atomic E-state index is 0.0567. The standard InChI is InChI=1S/C18H17ClN4O2S/c1-25-14-8-6-12(7-9-14)17-21-22-18(26)23(17)11-16(24)20-10-13-4-2-3-5-15(13)19/h2-9H,10-11H2,1H3,(H,20,24)(H,22,26). The van der Waals surface area contributed by atoms with Crippen molar-refractivity contribution in [3.05, 3.63) is 63.9 Å². The van der Waals surface area contributed by atoms with Crippen LogP contribution in [0.15, 0.2) is 48.5 Å². The number of nitrogens with zero attached hydrogens (tertiary/aromatic N) is 2. The lowest BCUT2D eigenvalue weighted by molar-refractivity contribution is -0.121. The lowest BCUT2D eigenvalue weighted by Crippen LogP contribution is -2.27. The number of benzene rings is 2. The largest absolute Gasteiger partial charge is 0.497 e. The maximum atomic E-state index is 12.3. The Bertz CT molecular complexity index is 966. The molecule has 2 aromatic carbocycles. The average molecular weight is 389 g/mol. The summed E-state index contributed by atoms with van der Waals surface area (Å²) in [6.07, 6.45) is 0. The third-order valence-electron chi connectivity index (χ3n) is 3.84. The van der Waals surface area contributed by atoms with Gasteiger partial charge in [0.25, 0.3) is 0 Å². The Labute approximate surface area is 160 Å². The summed E-state index contributed by atoms with van der Waals surface area (Å²) < 4.78 is 7.19. The van der Waals surface area contributed by atoms with Crippen LogP contribution in [-0.4, -0.2) is 27.8 Å². The molecule has 8 heteroatoms. The van der Waals surface area contributed by atoms with E-state index in [0.29, 0.717) is 22.2 Å². The fraction of sp³-hybridized carbons (Fsp3) is 0.167. The summed E-state index contributed by atoms with van der Waals surface area (Å²) in [5.74, 6) is 1.15. The Hall–Kier alpha value is -2.64. The van der Waals surface area contributed by atoms with E-state index in [-0.39, 0.29) is 12.5 Å². The Morgan fingerprint density at radius 2 is 2.00 bits per heavy atom. The molecular formula is C18H17ClN4O2S. The zero-order chi connectivity index (χ0) is 18.5. The third kappa shape index (κ3) is 4.12. The second-order valence-corrected chi connectivity index (χ2v) is 6.33. The molecular weight excluding hydrogens is 372 g/mol. The van der Waals surface area contributed by atoms with E-state index in [1.807, 2.05) is 42.5 Å². The predicted molar refractivity (Wildman–Crippen MR) is 103 cm³/mol. The van der Waals surface area contributed by atoms with Gasteiger partial charge in [0.2, 0.25) is 5.91 Å². The normalized spacial score (nSPS) is 10.5. The minimum Gasteiger partial charge on any atom is -0.497 e. The number of nitrogens with one attached hydrogen (secondary N) is 2. The Balaban J connectivity index is 1.73. The molecule has 0 spiro atoms. The molecule has 0 saturated carbocycles. The average Bonchev–Trinajstić information content (AvgIpc) is 3.01. The van der Waals surface area contributed by atoms with E-state index in [4.69, 9.17) is 28.6 Å². The van der Waals surface area contributed by atoms with Crippen LogP contribution in [0.1, 0.15) is 5.56 Å². The summed E-state index contributed by atoms with van der Waals surface area (Å²) in [6, 6.07) is 14.8. The number of aromatic nitrogens is 3. The zero-order valence-electron chi connectivity index (χ0n) is 14.0.